The fourth-order valence-electron chi connectivity index (χ4n) is 1.85. The number of hydrogen-bond donors (Lipinski definition) is 2. The molecule has 0 amide bonds. The summed E-state index contributed by atoms with van der Waals surface area (Å²) in [6.07, 6.45) is 2.50. The summed E-state index contributed by atoms with van der Waals surface area (Å²) in [5.41, 5.74) is 8.76. The summed E-state index contributed by atoms with van der Waals surface area (Å²) < 4.78 is 0. The van der Waals surface area contributed by atoms with Gasteiger partial charge in [0, 0.05) is 28.2 Å². The zero-order valence-corrected chi connectivity index (χ0v) is 8.43. The summed E-state index contributed by atoms with van der Waals surface area (Å²) in [6, 6.07) is 5.81. The summed E-state index contributed by atoms with van der Waals surface area (Å²) in [4.78, 5) is 3.37. The molecule has 1 saturated carbocycles. The lowest BCUT2D eigenvalue weighted by Gasteiger charge is -1.93. The number of nitrogen functional groups attached to an aromatic ring is 1. The Morgan fingerprint density at radius 3 is 2.86 bits per heavy atom. The molecular weight excluding hydrogens is 196 g/mol. The first-order chi connectivity index (χ1) is 6.75. The highest BCUT2D eigenvalue weighted by Crippen LogP contribution is 2.45. The van der Waals surface area contributed by atoms with Gasteiger partial charge in [0.15, 0.2) is 0 Å². The summed E-state index contributed by atoms with van der Waals surface area (Å²) >= 11 is 6.28. The van der Waals surface area contributed by atoms with Gasteiger partial charge < -0.3 is 10.7 Å². The molecule has 14 heavy (non-hydrogen) atoms. The van der Waals surface area contributed by atoms with Crippen LogP contribution in [-0.2, 0) is 0 Å². The van der Waals surface area contributed by atoms with E-state index in [2.05, 4.69) is 4.98 Å². The Hall–Kier alpha value is -1.15. The highest BCUT2D eigenvalue weighted by molar-refractivity contribution is 6.36. The van der Waals surface area contributed by atoms with E-state index < -0.39 is 0 Å². The maximum Gasteiger partial charge on any atom is 0.0695 e. The van der Waals surface area contributed by atoms with Crippen LogP contribution in [-0.4, -0.2) is 4.98 Å². The predicted octanol–water partition coefficient (Wildman–Crippen LogP) is 3.28. The number of rotatable bonds is 1. The molecule has 1 fully saturated rings. The Morgan fingerprint density at radius 1 is 1.36 bits per heavy atom. The molecule has 0 saturated heterocycles. The molecule has 1 aliphatic rings. The Morgan fingerprint density at radius 2 is 2.14 bits per heavy atom. The van der Waals surface area contributed by atoms with Gasteiger partial charge in [0.2, 0.25) is 0 Å². The van der Waals surface area contributed by atoms with E-state index in [-0.39, 0.29) is 0 Å². The van der Waals surface area contributed by atoms with Crippen molar-refractivity contribution in [3.63, 3.8) is 0 Å². The number of fused-ring (bicyclic) bond motifs is 1. The summed E-state index contributed by atoms with van der Waals surface area (Å²) in [5.74, 6) is 0.649. The molecule has 1 heterocycles. The average Bonchev–Trinajstić information content (AvgIpc) is 2.95. The fourth-order valence-corrected chi connectivity index (χ4v) is 2.21. The molecule has 2 nitrogen and oxygen atoms in total. The van der Waals surface area contributed by atoms with E-state index in [1.165, 1.54) is 18.5 Å². The minimum Gasteiger partial charge on any atom is -0.399 e. The van der Waals surface area contributed by atoms with Gasteiger partial charge in [0.05, 0.1) is 5.02 Å². The number of aromatic amines is 1. The van der Waals surface area contributed by atoms with Crippen LogP contribution in [0.4, 0.5) is 5.69 Å². The van der Waals surface area contributed by atoms with E-state index in [0.717, 1.165) is 21.6 Å². The summed E-state index contributed by atoms with van der Waals surface area (Å²) in [5, 5.41) is 1.91. The number of nitrogens with one attached hydrogen (secondary N) is 1. The maximum absolute atomic E-state index is 6.28. The van der Waals surface area contributed by atoms with Crippen LogP contribution in [0.3, 0.4) is 0 Å². The van der Waals surface area contributed by atoms with Crippen LogP contribution in [0.5, 0.6) is 0 Å². The second kappa shape index (κ2) is 2.67. The topological polar surface area (TPSA) is 41.8 Å². The predicted molar refractivity (Wildman–Crippen MR) is 59.7 cm³/mol. The van der Waals surface area contributed by atoms with Gasteiger partial charge in [-0.25, -0.2) is 0 Å². The van der Waals surface area contributed by atoms with Crippen molar-refractivity contribution in [1.29, 1.82) is 0 Å². The van der Waals surface area contributed by atoms with E-state index in [0.29, 0.717) is 5.92 Å². The van der Waals surface area contributed by atoms with E-state index in [1.54, 1.807) is 0 Å². The highest BCUT2D eigenvalue weighted by Gasteiger charge is 2.28. The van der Waals surface area contributed by atoms with Gasteiger partial charge in [-0.05, 0) is 31.0 Å². The fraction of sp³-hybridized carbons (Fsp3) is 0.273. The van der Waals surface area contributed by atoms with Gasteiger partial charge in [0.1, 0.15) is 0 Å². The first-order valence-corrected chi connectivity index (χ1v) is 5.20. The molecule has 0 bridgehead atoms. The molecule has 1 aliphatic carbocycles. The monoisotopic (exact) mass is 206 g/mol. The lowest BCUT2D eigenvalue weighted by Crippen LogP contribution is -1.81. The van der Waals surface area contributed by atoms with E-state index in [1.807, 2.05) is 18.2 Å². The van der Waals surface area contributed by atoms with E-state index in [9.17, 15) is 0 Å². The number of H-pyrrole nitrogens is 1. The van der Waals surface area contributed by atoms with Crippen molar-refractivity contribution in [1.82, 2.24) is 4.98 Å². The first kappa shape index (κ1) is 8.18. The molecule has 2 aromatic rings. The largest absolute Gasteiger partial charge is 0.399 e. The smallest absolute Gasteiger partial charge is 0.0695 e. The number of halogens is 1. The van der Waals surface area contributed by atoms with Crippen molar-refractivity contribution < 1.29 is 0 Å². The van der Waals surface area contributed by atoms with Crippen LogP contribution in [0.15, 0.2) is 18.2 Å². The molecule has 3 rings (SSSR count). The van der Waals surface area contributed by atoms with Gasteiger partial charge >= 0.3 is 0 Å². The number of nitrogens with two attached hydrogens (primary N) is 1. The van der Waals surface area contributed by atoms with E-state index >= 15 is 0 Å². The number of hydrogen-bond acceptors (Lipinski definition) is 1. The van der Waals surface area contributed by atoms with Crippen LogP contribution in [0.25, 0.3) is 10.9 Å². The lowest BCUT2D eigenvalue weighted by molar-refractivity contribution is 1.06. The van der Waals surface area contributed by atoms with Crippen LogP contribution < -0.4 is 5.73 Å². The van der Waals surface area contributed by atoms with Gasteiger partial charge in [-0.15, -0.1) is 0 Å². The minimum atomic E-state index is 0.649. The molecule has 0 aliphatic heterocycles. The second-order valence-electron chi connectivity index (χ2n) is 3.93. The van der Waals surface area contributed by atoms with Gasteiger partial charge in [0.25, 0.3) is 0 Å². The molecule has 0 radical (unpaired) electrons. The maximum atomic E-state index is 6.28. The van der Waals surface area contributed by atoms with Gasteiger partial charge in [-0.2, -0.15) is 0 Å². The van der Waals surface area contributed by atoms with Crippen molar-refractivity contribution in [2.45, 2.75) is 18.8 Å². The zero-order valence-electron chi connectivity index (χ0n) is 7.68. The van der Waals surface area contributed by atoms with Crippen LogP contribution in [0, 0.1) is 0 Å². The van der Waals surface area contributed by atoms with Crippen molar-refractivity contribution in [2.75, 3.05) is 5.73 Å². The van der Waals surface area contributed by atoms with Crippen LogP contribution in [0.1, 0.15) is 24.5 Å². The average molecular weight is 207 g/mol. The van der Waals surface area contributed by atoms with Gasteiger partial charge in [-0.3, -0.25) is 0 Å². The molecule has 0 atom stereocenters. The molecule has 1 aromatic carbocycles. The minimum absolute atomic E-state index is 0.649. The second-order valence-corrected chi connectivity index (χ2v) is 4.31. The Bertz CT molecular complexity index is 497. The summed E-state index contributed by atoms with van der Waals surface area (Å²) in [6.45, 7) is 0. The molecule has 72 valence electrons. The molecule has 3 heteroatoms. The van der Waals surface area contributed by atoms with Gasteiger partial charge in [-0.1, -0.05) is 11.6 Å². The first-order valence-electron chi connectivity index (χ1n) is 4.82. The molecule has 3 N–H and O–H groups in total. The number of anilines is 1. The third-order valence-corrected chi connectivity index (χ3v) is 3.18. The number of benzene rings is 1. The number of aromatic nitrogens is 1. The van der Waals surface area contributed by atoms with Crippen LogP contribution in [0.2, 0.25) is 5.02 Å². The van der Waals surface area contributed by atoms with Crippen LogP contribution >= 0.6 is 11.6 Å². The molecule has 0 unspecified atom stereocenters. The molecule has 0 spiro atoms. The third-order valence-electron chi connectivity index (χ3n) is 2.77. The lowest BCUT2D eigenvalue weighted by atomic mass is 10.2. The SMILES string of the molecule is Nc1ccc2[nH]c(C3CC3)c(Cl)c2c1. The van der Waals surface area contributed by atoms with Crippen molar-refractivity contribution in [3.05, 3.63) is 28.9 Å². The van der Waals surface area contributed by atoms with Crippen molar-refractivity contribution in [2.24, 2.45) is 0 Å². The van der Waals surface area contributed by atoms with E-state index in [4.69, 9.17) is 17.3 Å². The standard InChI is InChI=1S/C11H11ClN2/c12-10-8-5-7(13)3-4-9(8)14-11(10)6-1-2-6/h3-6,14H,1-2,13H2. The molecular formula is C11H11ClN2. The zero-order chi connectivity index (χ0) is 9.71. The quantitative estimate of drug-likeness (QED) is 0.691. The normalized spacial score (nSPS) is 16.4. The Kier molecular flexibility index (Phi) is 1.56. The molecule has 1 aromatic heterocycles. The highest BCUT2D eigenvalue weighted by atomic mass is 35.5. The Balaban J connectivity index is 2.29. The summed E-state index contributed by atoms with van der Waals surface area (Å²) in [7, 11) is 0. The third kappa shape index (κ3) is 1.11. The van der Waals surface area contributed by atoms with Crippen molar-refractivity contribution in [3.8, 4) is 0 Å². The Labute approximate surface area is 87.1 Å². The van der Waals surface area contributed by atoms with Crippen molar-refractivity contribution >= 4 is 28.2 Å².